The number of nitrogens with zero attached hydrogens (tertiary/aromatic N) is 3. The van der Waals surface area contributed by atoms with E-state index < -0.39 is 0 Å². The zero-order valence-corrected chi connectivity index (χ0v) is 12.7. The summed E-state index contributed by atoms with van der Waals surface area (Å²) >= 11 is 1.04. The number of carbonyl (C=O) groups is 2. The van der Waals surface area contributed by atoms with Gasteiger partial charge in [-0.05, 0) is 12.1 Å². The molecule has 114 valence electrons. The van der Waals surface area contributed by atoms with E-state index >= 15 is 0 Å². The van der Waals surface area contributed by atoms with Gasteiger partial charge in [-0.25, -0.2) is 9.97 Å². The first-order valence-electron chi connectivity index (χ1n) is 6.69. The molecule has 1 fully saturated rings. The van der Waals surface area contributed by atoms with E-state index in [2.05, 4.69) is 15.3 Å². The van der Waals surface area contributed by atoms with Crippen LogP contribution in [0.5, 0.6) is 5.75 Å². The predicted molar refractivity (Wildman–Crippen MR) is 84.1 cm³/mol. The number of benzene rings is 1. The quantitative estimate of drug-likeness (QED) is 0.899. The molecule has 2 amide bonds. The number of imide groups is 1. The first-order chi connectivity index (χ1) is 10.7. The molecule has 3 rings (SSSR count). The maximum absolute atomic E-state index is 11.5. The van der Waals surface area contributed by atoms with Crippen molar-refractivity contribution in [2.24, 2.45) is 0 Å². The third-order valence-corrected chi connectivity index (χ3v) is 4.17. The SMILES string of the molecule is COc1ccc2c(NCCN3C(=O)CSC3=O)ncnc2c1. The van der Waals surface area contributed by atoms with E-state index in [9.17, 15) is 9.59 Å². The number of ether oxygens (including phenoxy) is 1. The van der Waals surface area contributed by atoms with Crippen LogP contribution < -0.4 is 10.1 Å². The van der Waals surface area contributed by atoms with Crippen LogP contribution in [0.2, 0.25) is 0 Å². The minimum atomic E-state index is -0.191. The van der Waals surface area contributed by atoms with Gasteiger partial charge in [-0.1, -0.05) is 11.8 Å². The number of hydrogen-bond acceptors (Lipinski definition) is 7. The monoisotopic (exact) mass is 318 g/mol. The van der Waals surface area contributed by atoms with Crippen LogP contribution in [0, 0.1) is 0 Å². The van der Waals surface area contributed by atoms with E-state index in [1.165, 1.54) is 11.2 Å². The van der Waals surface area contributed by atoms with Gasteiger partial charge in [-0.3, -0.25) is 14.5 Å². The molecule has 2 heterocycles. The molecular formula is C14H14N4O3S. The Balaban J connectivity index is 1.71. The fourth-order valence-electron chi connectivity index (χ4n) is 2.19. The summed E-state index contributed by atoms with van der Waals surface area (Å²) in [5.74, 6) is 1.48. The molecule has 1 aromatic heterocycles. The summed E-state index contributed by atoms with van der Waals surface area (Å²) in [4.78, 5) is 32.7. The molecule has 0 bridgehead atoms. The zero-order valence-electron chi connectivity index (χ0n) is 11.9. The molecule has 1 N–H and O–H groups in total. The second kappa shape index (κ2) is 6.18. The van der Waals surface area contributed by atoms with Gasteiger partial charge in [-0.15, -0.1) is 0 Å². The number of nitrogens with one attached hydrogen (secondary N) is 1. The van der Waals surface area contributed by atoms with Crippen molar-refractivity contribution in [3.05, 3.63) is 24.5 Å². The molecular weight excluding hydrogens is 304 g/mol. The van der Waals surface area contributed by atoms with Crippen molar-refractivity contribution in [3.63, 3.8) is 0 Å². The maximum Gasteiger partial charge on any atom is 0.288 e. The lowest BCUT2D eigenvalue weighted by Gasteiger charge is -2.14. The molecule has 1 aliphatic rings. The van der Waals surface area contributed by atoms with E-state index in [4.69, 9.17) is 4.74 Å². The lowest BCUT2D eigenvalue weighted by Crippen LogP contribution is -2.33. The van der Waals surface area contributed by atoms with Gasteiger partial charge < -0.3 is 10.1 Å². The van der Waals surface area contributed by atoms with Crippen LogP contribution in [0.15, 0.2) is 24.5 Å². The number of thioether (sulfide) groups is 1. The van der Waals surface area contributed by atoms with E-state index in [-0.39, 0.29) is 16.9 Å². The van der Waals surface area contributed by atoms with Gasteiger partial charge in [0, 0.05) is 24.5 Å². The van der Waals surface area contributed by atoms with E-state index in [1.807, 2.05) is 18.2 Å². The molecule has 1 saturated heterocycles. The van der Waals surface area contributed by atoms with Crippen molar-refractivity contribution in [1.82, 2.24) is 14.9 Å². The van der Waals surface area contributed by atoms with E-state index in [0.717, 1.165) is 28.4 Å². The Morgan fingerprint density at radius 3 is 2.95 bits per heavy atom. The molecule has 1 aliphatic heterocycles. The zero-order chi connectivity index (χ0) is 15.5. The standard InChI is InChI=1S/C14H14N4O3S/c1-21-9-2-3-10-11(6-9)16-8-17-13(10)15-4-5-18-12(19)7-22-14(18)20/h2-3,6,8H,4-5,7H2,1H3,(H,15,16,17). The molecule has 1 aromatic carbocycles. The van der Waals surface area contributed by atoms with Crippen molar-refractivity contribution < 1.29 is 14.3 Å². The fraction of sp³-hybridized carbons (Fsp3) is 0.286. The van der Waals surface area contributed by atoms with Crippen LogP contribution in [0.25, 0.3) is 10.9 Å². The van der Waals surface area contributed by atoms with Crippen molar-refractivity contribution in [2.45, 2.75) is 0 Å². The third kappa shape index (κ3) is 2.82. The summed E-state index contributed by atoms with van der Waals surface area (Å²) in [6.07, 6.45) is 1.46. The van der Waals surface area contributed by atoms with Crippen LogP contribution in [-0.2, 0) is 4.79 Å². The van der Waals surface area contributed by atoms with Crippen molar-refractivity contribution >= 4 is 39.6 Å². The number of rotatable bonds is 5. The highest BCUT2D eigenvalue weighted by Crippen LogP contribution is 2.23. The van der Waals surface area contributed by atoms with Crippen LogP contribution in [-0.4, -0.2) is 52.0 Å². The van der Waals surface area contributed by atoms with Crippen molar-refractivity contribution in [1.29, 1.82) is 0 Å². The largest absolute Gasteiger partial charge is 0.497 e. The Labute approximate surface area is 131 Å². The number of fused-ring (bicyclic) bond motifs is 1. The third-order valence-electron chi connectivity index (χ3n) is 3.31. The Morgan fingerprint density at radius 1 is 1.36 bits per heavy atom. The van der Waals surface area contributed by atoms with E-state index in [0.29, 0.717) is 18.9 Å². The Kier molecular flexibility index (Phi) is 4.10. The molecule has 0 aliphatic carbocycles. The van der Waals surface area contributed by atoms with E-state index in [1.54, 1.807) is 7.11 Å². The summed E-state index contributed by atoms with van der Waals surface area (Å²) in [6, 6.07) is 5.53. The molecule has 2 aromatic rings. The molecule has 0 atom stereocenters. The van der Waals surface area contributed by atoms with Gasteiger partial charge in [0.15, 0.2) is 0 Å². The number of methoxy groups -OCH3 is 1. The lowest BCUT2D eigenvalue weighted by molar-refractivity contribution is -0.124. The minimum absolute atomic E-state index is 0.144. The summed E-state index contributed by atoms with van der Waals surface area (Å²) in [5, 5.41) is 3.81. The highest BCUT2D eigenvalue weighted by molar-refractivity contribution is 8.14. The van der Waals surface area contributed by atoms with Gasteiger partial charge in [0.25, 0.3) is 5.24 Å². The lowest BCUT2D eigenvalue weighted by atomic mass is 10.2. The van der Waals surface area contributed by atoms with Crippen molar-refractivity contribution in [3.8, 4) is 5.75 Å². The first kappa shape index (κ1) is 14.6. The Bertz CT molecular complexity index is 721. The van der Waals surface area contributed by atoms with Gasteiger partial charge in [-0.2, -0.15) is 0 Å². The number of aromatic nitrogens is 2. The summed E-state index contributed by atoms with van der Waals surface area (Å²) in [7, 11) is 1.60. The highest BCUT2D eigenvalue weighted by atomic mass is 32.2. The Morgan fingerprint density at radius 2 is 2.23 bits per heavy atom. The van der Waals surface area contributed by atoms with Gasteiger partial charge in [0.1, 0.15) is 17.9 Å². The fourth-order valence-corrected chi connectivity index (χ4v) is 2.94. The summed E-state index contributed by atoms with van der Waals surface area (Å²) < 4.78 is 5.17. The average molecular weight is 318 g/mol. The van der Waals surface area contributed by atoms with Gasteiger partial charge in [0.05, 0.1) is 18.4 Å². The molecule has 22 heavy (non-hydrogen) atoms. The van der Waals surface area contributed by atoms with Crippen LogP contribution in [0.3, 0.4) is 0 Å². The molecule has 7 nitrogen and oxygen atoms in total. The van der Waals surface area contributed by atoms with Crippen LogP contribution in [0.4, 0.5) is 10.6 Å². The topological polar surface area (TPSA) is 84.4 Å². The predicted octanol–water partition coefficient (Wildman–Crippen LogP) is 1.75. The minimum Gasteiger partial charge on any atom is -0.497 e. The molecule has 0 saturated carbocycles. The number of anilines is 1. The second-order valence-corrected chi connectivity index (χ2v) is 5.56. The van der Waals surface area contributed by atoms with Gasteiger partial charge >= 0.3 is 0 Å². The molecule has 8 heteroatoms. The maximum atomic E-state index is 11.5. The molecule has 0 radical (unpaired) electrons. The highest BCUT2D eigenvalue weighted by Gasteiger charge is 2.29. The smallest absolute Gasteiger partial charge is 0.288 e. The van der Waals surface area contributed by atoms with Crippen LogP contribution >= 0.6 is 11.8 Å². The number of hydrogen-bond donors (Lipinski definition) is 1. The van der Waals surface area contributed by atoms with Crippen molar-refractivity contribution in [2.75, 3.05) is 31.3 Å². The first-order valence-corrected chi connectivity index (χ1v) is 7.67. The summed E-state index contributed by atoms with van der Waals surface area (Å²) in [5.41, 5.74) is 0.765. The Hall–Kier alpha value is -2.35. The normalized spacial score (nSPS) is 14.7. The number of carbonyl (C=O) groups excluding carboxylic acids is 2. The molecule has 0 spiro atoms. The van der Waals surface area contributed by atoms with Gasteiger partial charge in [0.2, 0.25) is 5.91 Å². The summed E-state index contributed by atoms with van der Waals surface area (Å²) in [6.45, 7) is 0.766. The second-order valence-electron chi connectivity index (χ2n) is 4.63. The molecule has 0 unspecified atom stereocenters. The van der Waals surface area contributed by atoms with Crippen LogP contribution in [0.1, 0.15) is 0 Å². The average Bonchev–Trinajstić information content (AvgIpc) is 2.86. The number of amides is 2.